The van der Waals surface area contributed by atoms with Gasteiger partial charge in [-0.05, 0) is 71.8 Å². The second-order valence-corrected chi connectivity index (χ2v) is 21.8. The van der Waals surface area contributed by atoms with Gasteiger partial charge in [-0.1, -0.05) is 24.3 Å². The lowest BCUT2D eigenvalue weighted by Crippen LogP contribution is -2.50. The first kappa shape index (κ1) is 51.1. The molecule has 0 bridgehead atoms. The van der Waals surface area contributed by atoms with Gasteiger partial charge in [0, 0.05) is 88.7 Å². The summed E-state index contributed by atoms with van der Waals surface area (Å²) < 4.78 is 138. The van der Waals surface area contributed by atoms with Gasteiger partial charge >= 0.3 is 0 Å². The van der Waals surface area contributed by atoms with E-state index in [0.717, 1.165) is 57.2 Å². The van der Waals surface area contributed by atoms with Crippen molar-refractivity contribution in [3.05, 3.63) is 95.1 Å². The number of benzene rings is 4. The lowest BCUT2D eigenvalue weighted by Gasteiger charge is -2.33. The highest BCUT2D eigenvalue weighted by atomic mass is 32.2. The number of nitrogens with zero attached hydrogens (tertiary/aromatic N) is 4. The second-order valence-electron chi connectivity index (χ2n) is 15.2. The third-order valence-corrected chi connectivity index (χ3v) is 16.7. The molecule has 0 aromatic heterocycles. The predicted octanol–water partition coefficient (Wildman–Crippen LogP) is 2.58. The predicted molar refractivity (Wildman–Crippen MR) is 245 cm³/mol. The number of hydrogen-bond acceptors (Lipinski definition) is 14. The van der Waals surface area contributed by atoms with E-state index in [4.69, 9.17) is 9.47 Å². The smallest absolute Gasteiger partial charge is 0.295 e. The van der Waals surface area contributed by atoms with Crippen LogP contribution in [0.4, 0.5) is 11.4 Å². The van der Waals surface area contributed by atoms with Crippen molar-refractivity contribution in [2.24, 2.45) is 0 Å². The molecule has 0 saturated carbocycles. The molecule has 0 atom stereocenters. The summed E-state index contributed by atoms with van der Waals surface area (Å²) in [5, 5.41) is 4.91. The molecule has 2 aliphatic heterocycles. The molecule has 2 saturated heterocycles. The van der Waals surface area contributed by atoms with Crippen LogP contribution in [-0.4, -0.2) is 151 Å². The zero-order chi connectivity index (χ0) is 49.9. The molecule has 2 heterocycles. The summed E-state index contributed by atoms with van der Waals surface area (Å²) in [6, 6.07) is 13.8. The van der Waals surface area contributed by atoms with Crippen LogP contribution in [0.5, 0.6) is 11.5 Å². The van der Waals surface area contributed by atoms with Gasteiger partial charge in [0.25, 0.3) is 32.1 Å². The number of hydrogen-bond donors (Lipinski definition) is 4. The van der Waals surface area contributed by atoms with Crippen molar-refractivity contribution in [3.63, 3.8) is 0 Å². The Labute approximate surface area is 392 Å². The van der Waals surface area contributed by atoms with E-state index >= 15 is 0 Å². The Morgan fingerprint density at radius 1 is 0.500 bits per heavy atom. The topological polar surface area (TPSA) is 301 Å². The Kier molecular flexibility index (Phi) is 15.1. The highest BCUT2D eigenvalue weighted by Crippen LogP contribution is 2.32. The number of ether oxygens (including phenoxy) is 2. The number of amides is 4. The number of anilines is 2. The van der Waals surface area contributed by atoms with Crippen molar-refractivity contribution >= 4 is 87.4 Å². The van der Waals surface area contributed by atoms with Gasteiger partial charge in [-0.15, -0.1) is 0 Å². The van der Waals surface area contributed by atoms with Gasteiger partial charge in [-0.2, -0.15) is 25.4 Å². The maximum atomic E-state index is 13.7. The average molecular weight is 1020 g/mol. The first-order valence-electron chi connectivity index (χ1n) is 20.3. The SMILES string of the molecule is COc1ccc(C(=O)Nc2ccc(/C=C/c3ccc(NC(=O)c4ccc(OC)c(S(=O)(=O)N5CCN(C(C)=O)CC5)c4)cc3S(=O)(=O)O)c(S(=O)(=O)O)c2)cc1S(=O)(=O)N1CCN(C(C)=O)CC1. The van der Waals surface area contributed by atoms with Crippen molar-refractivity contribution < 1.29 is 71.4 Å². The molecule has 22 nitrogen and oxygen atoms in total. The number of carbonyl (C=O) groups is 4. The summed E-state index contributed by atoms with van der Waals surface area (Å²) in [6.45, 7) is 3.36. The fraction of sp³-hybridized carbons (Fsp3) is 0.286. The number of sulfonamides is 2. The quantitative estimate of drug-likeness (QED) is 0.104. The maximum absolute atomic E-state index is 13.7. The van der Waals surface area contributed by atoms with Crippen LogP contribution >= 0.6 is 0 Å². The first-order valence-corrected chi connectivity index (χ1v) is 26.0. The zero-order valence-electron chi connectivity index (χ0n) is 36.8. The van der Waals surface area contributed by atoms with Crippen LogP contribution in [0.2, 0.25) is 0 Å². The van der Waals surface area contributed by atoms with E-state index in [0.29, 0.717) is 0 Å². The Bertz CT molecular complexity index is 2950. The van der Waals surface area contributed by atoms with Gasteiger partial charge in [0.15, 0.2) is 0 Å². The Hall–Kier alpha value is -6.26. The minimum atomic E-state index is -5.04. The monoisotopic (exact) mass is 1020 g/mol. The molecule has 0 spiro atoms. The molecule has 4 aromatic rings. The van der Waals surface area contributed by atoms with Crippen molar-refractivity contribution in [2.45, 2.75) is 33.4 Å². The van der Waals surface area contributed by atoms with Crippen molar-refractivity contribution in [1.82, 2.24) is 18.4 Å². The number of methoxy groups -OCH3 is 2. The average Bonchev–Trinajstić information content (AvgIpc) is 3.30. The zero-order valence-corrected chi connectivity index (χ0v) is 40.0. The van der Waals surface area contributed by atoms with E-state index in [1.807, 2.05) is 0 Å². The van der Waals surface area contributed by atoms with Crippen LogP contribution in [0, 0.1) is 0 Å². The summed E-state index contributed by atoms with van der Waals surface area (Å²) in [4.78, 5) is 51.2. The molecule has 2 fully saturated rings. The number of carbonyl (C=O) groups excluding carboxylic acids is 4. The summed E-state index contributed by atoms with van der Waals surface area (Å²) in [6.07, 6.45) is 2.18. The molecule has 4 N–H and O–H groups in total. The van der Waals surface area contributed by atoms with Gasteiger partial charge in [-0.25, -0.2) is 16.8 Å². The molecule has 0 radical (unpaired) electrons. The van der Waals surface area contributed by atoms with Gasteiger partial charge < -0.3 is 29.9 Å². The van der Waals surface area contributed by atoms with Crippen molar-refractivity contribution in [1.29, 1.82) is 0 Å². The largest absolute Gasteiger partial charge is 0.495 e. The number of nitrogens with one attached hydrogen (secondary N) is 2. The molecule has 4 amide bonds. The summed E-state index contributed by atoms with van der Waals surface area (Å²) in [5.41, 5.74) is -1.07. The van der Waals surface area contributed by atoms with Crippen LogP contribution in [0.25, 0.3) is 12.2 Å². The van der Waals surface area contributed by atoms with Crippen LogP contribution in [0.15, 0.2) is 92.4 Å². The Balaban J connectivity index is 1.22. The lowest BCUT2D eigenvalue weighted by molar-refractivity contribution is -0.130. The van der Waals surface area contributed by atoms with Gasteiger partial charge in [0.2, 0.25) is 31.9 Å². The van der Waals surface area contributed by atoms with Crippen molar-refractivity contribution in [2.75, 3.05) is 77.2 Å². The summed E-state index contributed by atoms with van der Waals surface area (Å²) in [5.74, 6) is -2.29. The molecule has 4 aromatic carbocycles. The minimum Gasteiger partial charge on any atom is -0.495 e. The Morgan fingerprint density at radius 3 is 1.13 bits per heavy atom. The second kappa shape index (κ2) is 20.1. The van der Waals surface area contributed by atoms with Gasteiger partial charge in [0.1, 0.15) is 31.1 Å². The highest BCUT2D eigenvalue weighted by Gasteiger charge is 2.34. The molecule has 2 aliphatic rings. The molecule has 6 rings (SSSR count). The van der Waals surface area contributed by atoms with Gasteiger partial charge in [-0.3, -0.25) is 28.3 Å². The molecular formula is C42H46N6O16S4. The fourth-order valence-electron chi connectivity index (χ4n) is 7.34. The lowest BCUT2D eigenvalue weighted by atomic mass is 10.1. The first-order chi connectivity index (χ1) is 31.8. The molecule has 26 heteroatoms. The maximum Gasteiger partial charge on any atom is 0.295 e. The van der Waals surface area contributed by atoms with Crippen LogP contribution < -0.4 is 20.1 Å². The molecule has 68 heavy (non-hydrogen) atoms. The minimum absolute atomic E-state index is 0.00371. The number of rotatable bonds is 14. The molecule has 0 unspecified atom stereocenters. The van der Waals surface area contributed by atoms with E-state index in [9.17, 15) is 62.0 Å². The van der Waals surface area contributed by atoms with Crippen LogP contribution in [-0.2, 0) is 49.9 Å². The molecular weight excluding hydrogens is 973 g/mol. The number of piperazine rings is 2. The Morgan fingerprint density at radius 2 is 0.838 bits per heavy atom. The fourth-order valence-corrected chi connectivity index (χ4v) is 12.0. The summed E-state index contributed by atoms with van der Waals surface area (Å²) in [7, 11) is -16.0. The third-order valence-electron chi connectivity index (χ3n) is 11.0. The van der Waals surface area contributed by atoms with E-state index in [1.54, 1.807) is 0 Å². The standard InChI is InChI=1S/C42H46N6O16S4/c1-27(49)45-15-19-47(20-16-45)65(53,54)39-23-31(9-13-35(39)63-3)41(51)43-33-11-7-29(37(25-33)67(57,58)59)5-6-30-8-12-34(26-38(30)68(60,61)62)44-42(52)32-10-14-36(64-4)40(24-32)66(55,56)48-21-17-46(18-22-48)28(2)50/h5-14,23-26H,15-22H2,1-4H3,(H,43,51)(H,44,52)(H,57,58,59)(H,60,61,62)/b6-5+. The van der Waals surface area contributed by atoms with E-state index in [1.165, 1.54) is 74.3 Å². The third kappa shape index (κ3) is 11.4. The van der Waals surface area contributed by atoms with E-state index in [-0.39, 0.29) is 119 Å². The molecule has 364 valence electrons. The van der Waals surface area contributed by atoms with Crippen LogP contribution in [0.1, 0.15) is 45.7 Å². The van der Waals surface area contributed by atoms with E-state index in [2.05, 4.69) is 10.6 Å². The normalized spacial score (nSPS) is 15.5. The van der Waals surface area contributed by atoms with Crippen LogP contribution in [0.3, 0.4) is 0 Å². The summed E-state index contributed by atoms with van der Waals surface area (Å²) >= 11 is 0. The molecule has 0 aliphatic carbocycles. The van der Waals surface area contributed by atoms with Crippen molar-refractivity contribution in [3.8, 4) is 11.5 Å². The van der Waals surface area contributed by atoms with E-state index < -0.39 is 61.9 Å². The highest BCUT2D eigenvalue weighted by molar-refractivity contribution is 7.89. The van der Waals surface area contributed by atoms with Gasteiger partial charge in [0.05, 0.1) is 14.2 Å².